The standard InChI is InChI=1S/C10H16O5S/c1-3-5(2)16-4-6(11)9-7(12)8(13)10(14)15-9/h5-6,9,11-13H,3-4H2,1-2H3. The third-order valence-corrected chi connectivity index (χ3v) is 3.85. The highest BCUT2D eigenvalue weighted by Crippen LogP contribution is 2.24. The molecule has 0 aromatic carbocycles. The molecule has 1 rings (SSSR count). The van der Waals surface area contributed by atoms with Gasteiger partial charge in [0.1, 0.15) is 6.10 Å². The maximum Gasteiger partial charge on any atom is 0.377 e. The Morgan fingerprint density at radius 1 is 1.50 bits per heavy atom. The zero-order valence-corrected chi connectivity index (χ0v) is 10.0. The number of cyclic esters (lactones) is 1. The first-order valence-electron chi connectivity index (χ1n) is 5.10. The van der Waals surface area contributed by atoms with Gasteiger partial charge >= 0.3 is 5.97 Å². The van der Waals surface area contributed by atoms with Crippen LogP contribution in [-0.2, 0) is 9.53 Å². The average Bonchev–Trinajstić information content (AvgIpc) is 2.53. The highest BCUT2D eigenvalue weighted by atomic mass is 32.2. The van der Waals surface area contributed by atoms with Crippen molar-refractivity contribution in [1.82, 2.24) is 0 Å². The van der Waals surface area contributed by atoms with E-state index in [1.165, 1.54) is 11.8 Å². The number of carbonyl (C=O) groups is 1. The van der Waals surface area contributed by atoms with Gasteiger partial charge in [0.15, 0.2) is 11.9 Å². The van der Waals surface area contributed by atoms with Crippen LogP contribution in [0.1, 0.15) is 20.3 Å². The first-order valence-corrected chi connectivity index (χ1v) is 6.15. The van der Waals surface area contributed by atoms with Gasteiger partial charge in [-0.3, -0.25) is 0 Å². The van der Waals surface area contributed by atoms with Gasteiger partial charge in [0.2, 0.25) is 5.76 Å². The maximum absolute atomic E-state index is 10.9. The van der Waals surface area contributed by atoms with Gasteiger partial charge in [-0.1, -0.05) is 13.8 Å². The molecule has 3 unspecified atom stereocenters. The molecule has 0 spiro atoms. The summed E-state index contributed by atoms with van der Waals surface area (Å²) in [5.41, 5.74) is 0. The number of thioether (sulfide) groups is 1. The van der Waals surface area contributed by atoms with Crippen LogP contribution in [0.15, 0.2) is 11.5 Å². The van der Waals surface area contributed by atoms with Crippen LogP contribution in [0.5, 0.6) is 0 Å². The second-order valence-corrected chi connectivity index (χ2v) is 5.15. The van der Waals surface area contributed by atoms with Crippen molar-refractivity contribution >= 4 is 17.7 Å². The van der Waals surface area contributed by atoms with Crippen molar-refractivity contribution in [2.75, 3.05) is 5.75 Å². The summed E-state index contributed by atoms with van der Waals surface area (Å²) in [4.78, 5) is 10.9. The molecule has 0 radical (unpaired) electrons. The Morgan fingerprint density at radius 2 is 2.12 bits per heavy atom. The summed E-state index contributed by atoms with van der Waals surface area (Å²) in [6.07, 6.45) is -1.17. The van der Waals surface area contributed by atoms with Crippen LogP contribution < -0.4 is 0 Å². The van der Waals surface area contributed by atoms with E-state index < -0.39 is 29.7 Å². The Bertz CT molecular complexity index is 302. The molecule has 1 aliphatic rings. The van der Waals surface area contributed by atoms with Gasteiger partial charge in [-0.25, -0.2) is 4.79 Å². The second kappa shape index (κ2) is 5.45. The number of hydrogen-bond donors (Lipinski definition) is 3. The minimum Gasteiger partial charge on any atom is -0.505 e. The molecular formula is C10H16O5S. The number of aliphatic hydroxyl groups excluding tert-OH is 3. The van der Waals surface area contributed by atoms with Crippen LogP contribution in [0.3, 0.4) is 0 Å². The molecule has 0 amide bonds. The van der Waals surface area contributed by atoms with Crippen molar-refractivity contribution in [2.45, 2.75) is 37.7 Å². The molecule has 6 heteroatoms. The third-order valence-electron chi connectivity index (χ3n) is 2.42. The number of rotatable bonds is 5. The Balaban J connectivity index is 2.50. The molecule has 1 heterocycles. The Kier molecular flexibility index (Phi) is 4.49. The lowest BCUT2D eigenvalue weighted by molar-refractivity contribution is -0.146. The first-order chi connectivity index (χ1) is 7.47. The maximum atomic E-state index is 10.9. The van der Waals surface area contributed by atoms with E-state index in [0.717, 1.165) is 6.42 Å². The third kappa shape index (κ3) is 2.82. The van der Waals surface area contributed by atoms with E-state index in [-0.39, 0.29) is 0 Å². The van der Waals surface area contributed by atoms with Crippen LogP contribution in [0.25, 0.3) is 0 Å². The van der Waals surface area contributed by atoms with Crippen molar-refractivity contribution < 1.29 is 24.9 Å². The molecule has 0 aromatic rings. The second-order valence-electron chi connectivity index (χ2n) is 3.68. The molecule has 5 nitrogen and oxygen atoms in total. The van der Waals surface area contributed by atoms with Crippen LogP contribution in [0.2, 0.25) is 0 Å². The lowest BCUT2D eigenvalue weighted by Gasteiger charge is -2.18. The monoisotopic (exact) mass is 248 g/mol. The Labute approximate surface area is 98.1 Å². The zero-order valence-electron chi connectivity index (χ0n) is 9.21. The van der Waals surface area contributed by atoms with E-state index in [1.807, 2.05) is 13.8 Å². The number of hydrogen-bond acceptors (Lipinski definition) is 6. The van der Waals surface area contributed by atoms with Crippen LogP contribution in [-0.4, -0.2) is 44.5 Å². The highest BCUT2D eigenvalue weighted by molar-refractivity contribution is 7.99. The van der Waals surface area contributed by atoms with Crippen molar-refractivity contribution in [3.8, 4) is 0 Å². The summed E-state index contributed by atoms with van der Waals surface area (Å²) in [5, 5.41) is 28.5. The minimum absolute atomic E-state index is 0.338. The van der Waals surface area contributed by atoms with Crippen LogP contribution in [0, 0.1) is 0 Å². The Hall–Kier alpha value is -0.880. The van der Waals surface area contributed by atoms with E-state index in [1.54, 1.807) is 0 Å². The lowest BCUT2D eigenvalue weighted by atomic mass is 10.2. The van der Waals surface area contributed by atoms with Gasteiger partial charge in [0.05, 0.1) is 0 Å². The van der Waals surface area contributed by atoms with E-state index in [0.29, 0.717) is 11.0 Å². The zero-order chi connectivity index (χ0) is 12.3. The Morgan fingerprint density at radius 3 is 2.56 bits per heavy atom. The highest BCUT2D eigenvalue weighted by Gasteiger charge is 2.39. The molecule has 0 aromatic heterocycles. The molecule has 3 atom stereocenters. The fourth-order valence-electron chi connectivity index (χ4n) is 1.20. The summed E-state index contributed by atoms with van der Waals surface area (Å²) in [5.74, 6) is -2.04. The van der Waals surface area contributed by atoms with Gasteiger partial charge in [0, 0.05) is 11.0 Å². The predicted octanol–water partition coefficient (Wildman–Crippen LogP) is 1.13. The predicted molar refractivity (Wildman–Crippen MR) is 60.4 cm³/mol. The average molecular weight is 248 g/mol. The van der Waals surface area contributed by atoms with Gasteiger partial charge in [0.25, 0.3) is 0 Å². The van der Waals surface area contributed by atoms with Gasteiger partial charge in [-0.15, -0.1) is 0 Å². The van der Waals surface area contributed by atoms with Gasteiger partial charge in [-0.05, 0) is 6.42 Å². The normalized spacial score (nSPS) is 24.4. The van der Waals surface area contributed by atoms with E-state index in [9.17, 15) is 15.0 Å². The van der Waals surface area contributed by atoms with Crippen LogP contribution in [0.4, 0.5) is 0 Å². The molecule has 0 fully saturated rings. The van der Waals surface area contributed by atoms with E-state index >= 15 is 0 Å². The fourth-order valence-corrected chi connectivity index (χ4v) is 2.13. The van der Waals surface area contributed by atoms with Crippen molar-refractivity contribution in [3.63, 3.8) is 0 Å². The number of aliphatic hydroxyl groups is 3. The molecule has 92 valence electrons. The summed E-state index contributed by atoms with van der Waals surface area (Å²) in [6.45, 7) is 4.05. The van der Waals surface area contributed by atoms with E-state index in [4.69, 9.17) is 5.11 Å². The summed E-state index contributed by atoms with van der Waals surface area (Å²) in [7, 11) is 0. The molecule has 0 bridgehead atoms. The van der Waals surface area contributed by atoms with Crippen molar-refractivity contribution in [1.29, 1.82) is 0 Å². The number of ether oxygens (including phenoxy) is 1. The van der Waals surface area contributed by atoms with Gasteiger partial charge in [-0.2, -0.15) is 11.8 Å². The fraction of sp³-hybridized carbons (Fsp3) is 0.700. The molecule has 0 aliphatic carbocycles. The van der Waals surface area contributed by atoms with E-state index in [2.05, 4.69) is 4.74 Å². The molecule has 0 saturated carbocycles. The summed E-state index contributed by atoms with van der Waals surface area (Å²) >= 11 is 1.52. The van der Waals surface area contributed by atoms with Crippen LogP contribution >= 0.6 is 11.8 Å². The smallest absolute Gasteiger partial charge is 0.377 e. The topological polar surface area (TPSA) is 87.0 Å². The first kappa shape index (κ1) is 13.2. The number of carbonyl (C=O) groups excluding carboxylic acids is 1. The minimum atomic E-state index is -1.14. The van der Waals surface area contributed by atoms with Crippen molar-refractivity contribution in [2.24, 2.45) is 0 Å². The molecule has 3 N–H and O–H groups in total. The molecule has 0 saturated heterocycles. The quantitative estimate of drug-likeness (QED) is 0.632. The summed E-state index contributed by atoms with van der Waals surface area (Å²) < 4.78 is 4.64. The largest absolute Gasteiger partial charge is 0.505 e. The number of esters is 1. The SMILES string of the molecule is CCC(C)SCC(O)C1OC(=O)C(O)=C1O. The molecule has 1 aliphatic heterocycles. The lowest BCUT2D eigenvalue weighted by Crippen LogP contribution is -2.31. The van der Waals surface area contributed by atoms with Gasteiger partial charge < -0.3 is 20.1 Å². The molecule has 16 heavy (non-hydrogen) atoms. The summed E-state index contributed by atoms with van der Waals surface area (Å²) in [6, 6.07) is 0. The molecular weight excluding hydrogens is 232 g/mol. The van der Waals surface area contributed by atoms with Crippen molar-refractivity contribution in [3.05, 3.63) is 11.5 Å².